The first-order chi connectivity index (χ1) is 9.93. The van der Waals surface area contributed by atoms with Gasteiger partial charge in [-0.15, -0.1) is 11.3 Å². The number of carbonyl (C=O) groups excluding carboxylic acids is 1. The van der Waals surface area contributed by atoms with E-state index in [1.165, 1.54) is 0 Å². The molecular formula is C12H11F3N4OS. The zero-order chi connectivity index (χ0) is 15.0. The lowest BCUT2D eigenvalue weighted by Crippen LogP contribution is -2.29. The van der Waals surface area contributed by atoms with Crippen molar-refractivity contribution in [2.24, 2.45) is 5.92 Å². The van der Waals surface area contributed by atoms with Crippen LogP contribution in [0.5, 0.6) is 0 Å². The van der Waals surface area contributed by atoms with Crippen molar-refractivity contribution in [1.82, 2.24) is 14.5 Å². The van der Waals surface area contributed by atoms with Gasteiger partial charge in [0.25, 0.3) is 0 Å². The van der Waals surface area contributed by atoms with Crippen molar-refractivity contribution in [2.45, 2.75) is 25.6 Å². The van der Waals surface area contributed by atoms with Gasteiger partial charge in [-0.05, 0) is 6.42 Å². The number of thiazole rings is 1. The van der Waals surface area contributed by atoms with Crippen molar-refractivity contribution < 1.29 is 18.0 Å². The van der Waals surface area contributed by atoms with E-state index >= 15 is 0 Å². The lowest BCUT2D eigenvalue weighted by atomic mass is 9.95. The van der Waals surface area contributed by atoms with Crippen LogP contribution >= 0.6 is 11.3 Å². The molecule has 112 valence electrons. The van der Waals surface area contributed by atoms with Crippen molar-refractivity contribution in [1.29, 1.82) is 0 Å². The molecule has 1 aliphatic rings. The molecule has 21 heavy (non-hydrogen) atoms. The Bertz CT molecular complexity index is 664. The molecule has 1 amide bonds. The molecule has 0 saturated carbocycles. The number of aryl methyl sites for hydroxylation is 1. The predicted octanol–water partition coefficient (Wildman–Crippen LogP) is 2.56. The second kappa shape index (κ2) is 5.14. The van der Waals surface area contributed by atoms with E-state index in [0.29, 0.717) is 19.4 Å². The summed E-state index contributed by atoms with van der Waals surface area (Å²) in [6.45, 7) is 0.680. The maximum atomic E-state index is 12.4. The Morgan fingerprint density at radius 1 is 1.48 bits per heavy atom. The highest BCUT2D eigenvalue weighted by atomic mass is 32.1. The average molecular weight is 316 g/mol. The van der Waals surface area contributed by atoms with E-state index in [4.69, 9.17) is 0 Å². The summed E-state index contributed by atoms with van der Waals surface area (Å²) in [7, 11) is 0. The van der Waals surface area contributed by atoms with E-state index in [9.17, 15) is 18.0 Å². The van der Waals surface area contributed by atoms with E-state index < -0.39 is 11.9 Å². The first-order valence-electron chi connectivity index (χ1n) is 6.26. The van der Waals surface area contributed by atoms with Gasteiger partial charge in [0.2, 0.25) is 5.91 Å². The Morgan fingerprint density at radius 3 is 3.00 bits per heavy atom. The molecule has 0 aliphatic carbocycles. The first-order valence-corrected chi connectivity index (χ1v) is 7.14. The molecule has 3 rings (SSSR count). The van der Waals surface area contributed by atoms with Crippen LogP contribution in [0.1, 0.15) is 17.8 Å². The van der Waals surface area contributed by atoms with Crippen molar-refractivity contribution in [2.75, 3.05) is 5.32 Å². The van der Waals surface area contributed by atoms with Gasteiger partial charge in [0.05, 0.1) is 6.33 Å². The van der Waals surface area contributed by atoms with Gasteiger partial charge in [-0.25, -0.2) is 9.97 Å². The van der Waals surface area contributed by atoms with E-state index in [1.807, 2.05) is 4.57 Å². The second-order valence-corrected chi connectivity index (χ2v) is 5.65. The third kappa shape index (κ3) is 2.92. The number of fused-ring (bicyclic) bond motifs is 1. The van der Waals surface area contributed by atoms with Crippen LogP contribution in [0.15, 0.2) is 17.9 Å². The van der Waals surface area contributed by atoms with E-state index in [0.717, 1.165) is 22.4 Å². The summed E-state index contributed by atoms with van der Waals surface area (Å²) in [5, 5.41) is 3.34. The molecular weight excluding hydrogens is 305 g/mol. The van der Waals surface area contributed by atoms with Crippen molar-refractivity contribution in [3.05, 3.63) is 29.3 Å². The summed E-state index contributed by atoms with van der Waals surface area (Å²) in [6.07, 6.45) is 0.0807. The molecule has 0 fully saturated rings. The third-order valence-corrected chi connectivity index (χ3v) is 4.13. The standard InChI is InChI=1S/C12H11F3N4OS/c13-12(14,15)9-5-21-11(17-9)18-10(20)7-1-2-19-6-16-4-8(19)3-7/h4-7H,1-3H2,(H,17,18,20)/t7-/m1/s1. The van der Waals surface area contributed by atoms with E-state index in [-0.39, 0.29) is 17.0 Å². The van der Waals surface area contributed by atoms with Gasteiger partial charge in [-0.3, -0.25) is 4.79 Å². The fourth-order valence-electron chi connectivity index (χ4n) is 2.26. The van der Waals surface area contributed by atoms with Crippen LogP contribution < -0.4 is 5.32 Å². The Labute approximate surface area is 121 Å². The molecule has 0 aromatic carbocycles. The van der Waals surface area contributed by atoms with E-state index in [1.54, 1.807) is 12.5 Å². The van der Waals surface area contributed by atoms with Gasteiger partial charge in [-0.1, -0.05) is 0 Å². The Hall–Kier alpha value is -1.90. The monoisotopic (exact) mass is 316 g/mol. The molecule has 0 bridgehead atoms. The summed E-state index contributed by atoms with van der Waals surface area (Å²) in [6, 6.07) is 0. The van der Waals surface area contributed by atoms with Gasteiger partial charge in [0.1, 0.15) is 0 Å². The molecule has 3 heterocycles. The fraction of sp³-hybridized carbons (Fsp3) is 0.417. The van der Waals surface area contributed by atoms with Crippen LogP contribution in [-0.4, -0.2) is 20.4 Å². The summed E-state index contributed by atoms with van der Waals surface area (Å²) < 4.78 is 39.3. The largest absolute Gasteiger partial charge is 0.434 e. The number of halogens is 3. The minimum absolute atomic E-state index is 0.0218. The number of nitrogens with zero attached hydrogens (tertiary/aromatic N) is 3. The molecule has 2 aromatic rings. The molecule has 0 saturated heterocycles. The predicted molar refractivity (Wildman–Crippen MR) is 69.8 cm³/mol. The lowest BCUT2D eigenvalue weighted by molar-refractivity contribution is -0.140. The van der Waals surface area contributed by atoms with Gasteiger partial charge < -0.3 is 9.88 Å². The zero-order valence-electron chi connectivity index (χ0n) is 10.7. The highest BCUT2D eigenvalue weighted by Gasteiger charge is 2.34. The number of carbonyl (C=O) groups is 1. The average Bonchev–Trinajstić information content (AvgIpc) is 3.04. The van der Waals surface area contributed by atoms with Crippen LogP contribution in [0.2, 0.25) is 0 Å². The molecule has 1 aliphatic heterocycles. The molecule has 9 heteroatoms. The van der Waals surface area contributed by atoms with Crippen LogP contribution in [0.4, 0.5) is 18.3 Å². The molecule has 1 N–H and O–H groups in total. The minimum Gasteiger partial charge on any atom is -0.335 e. The van der Waals surface area contributed by atoms with Gasteiger partial charge in [0.15, 0.2) is 10.8 Å². The SMILES string of the molecule is O=C(Nc1nc(C(F)(F)F)cs1)[C@@H]1CCn2cncc2C1. The topological polar surface area (TPSA) is 59.8 Å². The van der Waals surface area contributed by atoms with E-state index in [2.05, 4.69) is 15.3 Å². The number of aromatic nitrogens is 3. The molecule has 1 atom stereocenters. The Morgan fingerprint density at radius 2 is 2.29 bits per heavy atom. The summed E-state index contributed by atoms with van der Waals surface area (Å²) in [4.78, 5) is 19.5. The van der Waals surface area contributed by atoms with Gasteiger partial charge in [-0.2, -0.15) is 13.2 Å². The quantitative estimate of drug-likeness (QED) is 0.926. The summed E-state index contributed by atoms with van der Waals surface area (Å²) in [5.74, 6) is -0.571. The van der Waals surface area contributed by atoms with Crippen molar-refractivity contribution >= 4 is 22.4 Å². The molecule has 5 nitrogen and oxygen atoms in total. The lowest BCUT2D eigenvalue weighted by Gasteiger charge is -2.22. The minimum atomic E-state index is -4.49. The molecule has 0 unspecified atom stereocenters. The molecule has 0 radical (unpaired) electrons. The molecule has 2 aromatic heterocycles. The first kappa shape index (κ1) is 14.1. The van der Waals surface area contributed by atoms with Crippen LogP contribution in [-0.2, 0) is 23.9 Å². The Kier molecular flexibility index (Phi) is 3.44. The summed E-state index contributed by atoms with van der Waals surface area (Å²) in [5.41, 5.74) is -0.0268. The number of alkyl halides is 3. The normalized spacial score (nSPS) is 18.3. The number of amides is 1. The number of anilines is 1. The number of nitrogens with one attached hydrogen (secondary N) is 1. The number of imidazole rings is 1. The van der Waals surface area contributed by atoms with Crippen LogP contribution in [0.3, 0.4) is 0 Å². The second-order valence-electron chi connectivity index (χ2n) is 4.79. The maximum absolute atomic E-state index is 12.4. The van der Waals surface area contributed by atoms with Gasteiger partial charge >= 0.3 is 6.18 Å². The van der Waals surface area contributed by atoms with Crippen LogP contribution in [0.25, 0.3) is 0 Å². The zero-order valence-corrected chi connectivity index (χ0v) is 11.5. The Balaban J connectivity index is 1.66. The summed E-state index contributed by atoms with van der Waals surface area (Å²) >= 11 is 0.775. The number of hydrogen-bond acceptors (Lipinski definition) is 4. The maximum Gasteiger partial charge on any atom is 0.434 e. The highest BCUT2D eigenvalue weighted by molar-refractivity contribution is 7.13. The third-order valence-electron chi connectivity index (χ3n) is 3.37. The highest BCUT2D eigenvalue weighted by Crippen LogP contribution is 2.32. The van der Waals surface area contributed by atoms with Crippen molar-refractivity contribution in [3.8, 4) is 0 Å². The molecule has 0 spiro atoms. The van der Waals surface area contributed by atoms with Crippen molar-refractivity contribution in [3.63, 3.8) is 0 Å². The number of rotatable bonds is 2. The van der Waals surface area contributed by atoms with Gasteiger partial charge in [0, 0.05) is 36.2 Å². The number of hydrogen-bond donors (Lipinski definition) is 1. The fourth-order valence-corrected chi connectivity index (χ4v) is 2.98. The van der Waals surface area contributed by atoms with Crippen LogP contribution in [0, 0.1) is 5.92 Å². The smallest absolute Gasteiger partial charge is 0.335 e.